The molecule has 3 heteroatoms. The number of rotatable bonds is 2. The van der Waals surface area contributed by atoms with E-state index < -0.39 is 0 Å². The highest BCUT2D eigenvalue weighted by Crippen LogP contribution is 2.38. The number of fused-ring (bicyclic) bond motifs is 3. The predicted octanol–water partition coefficient (Wildman–Crippen LogP) is 2.68. The fourth-order valence-electron chi connectivity index (χ4n) is 3.02. The standard InChI is InChI=1S/C15H18O3/c1-2-17-15(16)13-9-10-5-3-4-6-11(10)12-7-8-18-14(12)13/h9H,2-8H2,1H3. The van der Waals surface area contributed by atoms with E-state index in [2.05, 4.69) is 0 Å². The van der Waals surface area contributed by atoms with Crippen LogP contribution in [0.1, 0.15) is 46.8 Å². The molecule has 3 nitrogen and oxygen atoms in total. The van der Waals surface area contributed by atoms with Crippen LogP contribution in [0.25, 0.3) is 0 Å². The zero-order valence-electron chi connectivity index (χ0n) is 10.8. The molecule has 0 atom stereocenters. The van der Waals surface area contributed by atoms with Gasteiger partial charge in [0.2, 0.25) is 0 Å². The second-order valence-electron chi connectivity index (χ2n) is 4.90. The van der Waals surface area contributed by atoms with Gasteiger partial charge in [-0.2, -0.15) is 0 Å². The van der Waals surface area contributed by atoms with Crippen molar-refractivity contribution in [2.24, 2.45) is 0 Å². The van der Waals surface area contributed by atoms with Crippen LogP contribution in [0.15, 0.2) is 6.07 Å². The van der Waals surface area contributed by atoms with Crippen molar-refractivity contribution in [2.75, 3.05) is 13.2 Å². The molecule has 1 aliphatic heterocycles. The summed E-state index contributed by atoms with van der Waals surface area (Å²) in [7, 11) is 0. The summed E-state index contributed by atoms with van der Waals surface area (Å²) in [5.74, 6) is 0.540. The third kappa shape index (κ3) is 1.78. The molecule has 0 unspecified atom stereocenters. The minimum absolute atomic E-state index is 0.246. The van der Waals surface area contributed by atoms with E-state index in [1.165, 1.54) is 29.5 Å². The normalized spacial score (nSPS) is 16.7. The molecule has 0 bridgehead atoms. The van der Waals surface area contributed by atoms with Gasteiger partial charge in [-0.1, -0.05) is 0 Å². The molecule has 0 aromatic heterocycles. The van der Waals surface area contributed by atoms with Gasteiger partial charge in [0, 0.05) is 12.0 Å². The maximum atomic E-state index is 12.0. The minimum Gasteiger partial charge on any atom is -0.492 e. The molecule has 3 rings (SSSR count). The SMILES string of the molecule is CCOC(=O)c1cc2c(c3c1OCC3)CCCC2. The number of benzene rings is 1. The maximum Gasteiger partial charge on any atom is 0.341 e. The average molecular weight is 246 g/mol. The molecule has 96 valence electrons. The van der Waals surface area contributed by atoms with Gasteiger partial charge in [0.15, 0.2) is 0 Å². The molecule has 1 aromatic carbocycles. The van der Waals surface area contributed by atoms with Crippen LogP contribution in [-0.2, 0) is 24.0 Å². The summed E-state index contributed by atoms with van der Waals surface area (Å²) in [6.07, 6.45) is 5.61. The Morgan fingerprint density at radius 2 is 2.11 bits per heavy atom. The highest BCUT2D eigenvalue weighted by atomic mass is 16.5. The fourth-order valence-corrected chi connectivity index (χ4v) is 3.02. The number of carbonyl (C=O) groups excluding carboxylic acids is 1. The van der Waals surface area contributed by atoms with Crippen molar-refractivity contribution < 1.29 is 14.3 Å². The van der Waals surface area contributed by atoms with Gasteiger partial charge in [-0.3, -0.25) is 0 Å². The van der Waals surface area contributed by atoms with Gasteiger partial charge >= 0.3 is 5.97 Å². The van der Waals surface area contributed by atoms with Gasteiger partial charge in [-0.05, 0) is 49.8 Å². The van der Waals surface area contributed by atoms with Crippen molar-refractivity contribution >= 4 is 5.97 Å². The molecule has 0 amide bonds. The Bertz CT molecular complexity index is 491. The summed E-state index contributed by atoms with van der Waals surface area (Å²) in [6, 6.07) is 2.00. The molecule has 18 heavy (non-hydrogen) atoms. The van der Waals surface area contributed by atoms with Crippen LogP contribution in [0.4, 0.5) is 0 Å². The van der Waals surface area contributed by atoms with Crippen molar-refractivity contribution in [3.8, 4) is 5.75 Å². The Morgan fingerprint density at radius 3 is 2.94 bits per heavy atom. The molecule has 0 N–H and O–H groups in total. The Kier molecular flexibility index (Phi) is 2.98. The Morgan fingerprint density at radius 1 is 1.28 bits per heavy atom. The topological polar surface area (TPSA) is 35.5 Å². The van der Waals surface area contributed by atoms with Crippen LogP contribution < -0.4 is 4.74 Å². The monoisotopic (exact) mass is 246 g/mol. The van der Waals surface area contributed by atoms with E-state index in [1.54, 1.807) is 0 Å². The van der Waals surface area contributed by atoms with Crippen LogP contribution in [-0.4, -0.2) is 19.2 Å². The van der Waals surface area contributed by atoms with Crippen molar-refractivity contribution in [3.63, 3.8) is 0 Å². The molecule has 0 saturated carbocycles. The third-order valence-corrected chi connectivity index (χ3v) is 3.81. The predicted molar refractivity (Wildman–Crippen MR) is 68.2 cm³/mol. The molecule has 0 fully saturated rings. The fraction of sp³-hybridized carbons (Fsp3) is 0.533. The lowest BCUT2D eigenvalue weighted by Gasteiger charge is -2.20. The smallest absolute Gasteiger partial charge is 0.341 e. The van der Waals surface area contributed by atoms with Crippen molar-refractivity contribution in [3.05, 3.63) is 28.3 Å². The number of ether oxygens (including phenoxy) is 2. The molecular weight excluding hydrogens is 228 g/mol. The number of aryl methyl sites for hydroxylation is 1. The summed E-state index contributed by atoms with van der Waals surface area (Å²) in [4.78, 5) is 12.0. The Hall–Kier alpha value is -1.51. The summed E-state index contributed by atoms with van der Waals surface area (Å²) in [5, 5.41) is 0. The van der Waals surface area contributed by atoms with Crippen LogP contribution in [0.3, 0.4) is 0 Å². The van der Waals surface area contributed by atoms with Gasteiger partial charge in [-0.15, -0.1) is 0 Å². The van der Waals surface area contributed by atoms with Crippen molar-refractivity contribution in [2.45, 2.75) is 39.0 Å². The van der Waals surface area contributed by atoms with Crippen LogP contribution in [0.5, 0.6) is 5.75 Å². The Balaban J connectivity index is 2.10. The van der Waals surface area contributed by atoms with Crippen LogP contribution in [0, 0.1) is 0 Å². The maximum absolute atomic E-state index is 12.0. The molecule has 0 radical (unpaired) electrons. The number of hydrogen-bond donors (Lipinski definition) is 0. The van der Waals surface area contributed by atoms with E-state index in [0.29, 0.717) is 18.8 Å². The third-order valence-electron chi connectivity index (χ3n) is 3.81. The van der Waals surface area contributed by atoms with Gasteiger partial charge in [0.1, 0.15) is 11.3 Å². The van der Waals surface area contributed by atoms with E-state index in [-0.39, 0.29) is 5.97 Å². The molecule has 1 heterocycles. The molecule has 1 aromatic rings. The summed E-state index contributed by atoms with van der Waals surface area (Å²) >= 11 is 0. The molecule has 0 spiro atoms. The van der Waals surface area contributed by atoms with E-state index >= 15 is 0 Å². The number of esters is 1. The lowest BCUT2D eigenvalue weighted by Crippen LogP contribution is -2.11. The number of hydrogen-bond acceptors (Lipinski definition) is 3. The van der Waals surface area contributed by atoms with E-state index in [4.69, 9.17) is 9.47 Å². The first-order chi connectivity index (χ1) is 8.81. The molecule has 0 saturated heterocycles. The van der Waals surface area contributed by atoms with Gasteiger partial charge < -0.3 is 9.47 Å². The molecule has 1 aliphatic carbocycles. The first kappa shape index (κ1) is 11.6. The summed E-state index contributed by atoms with van der Waals surface area (Å²) in [6.45, 7) is 2.93. The number of carbonyl (C=O) groups is 1. The Labute approximate surface area is 107 Å². The first-order valence-electron chi connectivity index (χ1n) is 6.78. The second-order valence-corrected chi connectivity index (χ2v) is 4.90. The van der Waals surface area contributed by atoms with Crippen molar-refractivity contribution in [1.29, 1.82) is 0 Å². The first-order valence-corrected chi connectivity index (χ1v) is 6.78. The highest BCUT2D eigenvalue weighted by Gasteiger charge is 2.27. The quantitative estimate of drug-likeness (QED) is 0.753. The molecular formula is C15H18O3. The van der Waals surface area contributed by atoms with Gasteiger partial charge in [0.05, 0.1) is 13.2 Å². The lowest BCUT2D eigenvalue weighted by atomic mass is 9.85. The highest BCUT2D eigenvalue weighted by molar-refractivity contribution is 5.94. The molecule has 2 aliphatic rings. The summed E-state index contributed by atoms with van der Waals surface area (Å²) in [5.41, 5.74) is 4.65. The lowest BCUT2D eigenvalue weighted by molar-refractivity contribution is 0.0522. The largest absolute Gasteiger partial charge is 0.492 e. The van der Waals surface area contributed by atoms with Crippen LogP contribution >= 0.6 is 0 Å². The van der Waals surface area contributed by atoms with Crippen LogP contribution in [0.2, 0.25) is 0 Å². The van der Waals surface area contributed by atoms with E-state index in [9.17, 15) is 4.79 Å². The minimum atomic E-state index is -0.246. The average Bonchev–Trinajstić information content (AvgIpc) is 2.87. The van der Waals surface area contributed by atoms with Gasteiger partial charge in [-0.25, -0.2) is 4.79 Å². The van der Waals surface area contributed by atoms with E-state index in [0.717, 1.165) is 25.0 Å². The zero-order valence-corrected chi connectivity index (χ0v) is 10.8. The second kappa shape index (κ2) is 4.63. The van der Waals surface area contributed by atoms with E-state index in [1.807, 2.05) is 13.0 Å². The van der Waals surface area contributed by atoms with Crippen molar-refractivity contribution in [1.82, 2.24) is 0 Å². The summed E-state index contributed by atoms with van der Waals surface area (Å²) < 4.78 is 10.8. The van der Waals surface area contributed by atoms with Gasteiger partial charge in [0.25, 0.3) is 0 Å². The zero-order chi connectivity index (χ0) is 12.5.